The summed E-state index contributed by atoms with van der Waals surface area (Å²) >= 11 is 0. The topological polar surface area (TPSA) is 60.2 Å². The van der Waals surface area contributed by atoms with Gasteiger partial charge in [-0.25, -0.2) is 0 Å². The van der Waals surface area contributed by atoms with Crippen LogP contribution in [-0.4, -0.2) is 17.3 Å². The van der Waals surface area contributed by atoms with Crippen LogP contribution in [0.15, 0.2) is 60.7 Å². The lowest BCUT2D eigenvalue weighted by atomic mass is 9.91. The summed E-state index contributed by atoms with van der Waals surface area (Å²) in [4.78, 5) is 22.6. The van der Waals surface area contributed by atoms with E-state index in [2.05, 4.69) is 0 Å². The molecule has 0 radical (unpaired) electrons. The van der Waals surface area contributed by atoms with E-state index in [9.17, 15) is 14.9 Å². The lowest BCUT2D eigenvalue weighted by Gasteiger charge is -2.12. The lowest BCUT2D eigenvalue weighted by molar-refractivity contribution is -0.483. The van der Waals surface area contributed by atoms with Gasteiger partial charge in [-0.3, -0.25) is 14.9 Å². The zero-order valence-electron chi connectivity index (χ0n) is 10.9. The average Bonchev–Trinajstić information content (AvgIpc) is 2.48. The van der Waals surface area contributed by atoms with E-state index < -0.39 is 0 Å². The first-order valence-corrected chi connectivity index (χ1v) is 6.42. The van der Waals surface area contributed by atoms with Crippen LogP contribution in [0.5, 0.6) is 0 Å². The molecule has 0 heterocycles. The zero-order valence-corrected chi connectivity index (χ0v) is 10.9. The minimum absolute atomic E-state index is 0.0682. The zero-order chi connectivity index (χ0) is 14.4. The smallest absolute Gasteiger partial charge is 0.211 e. The molecule has 0 aliphatic heterocycles. The highest BCUT2D eigenvalue weighted by Crippen LogP contribution is 2.22. The van der Waals surface area contributed by atoms with E-state index in [4.69, 9.17) is 0 Å². The van der Waals surface area contributed by atoms with Crippen molar-refractivity contribution in [1.82, 2.24) is 0 Å². The fourth-order valence-electron chi connectivity index (χ4n) is 2.16. The first-order valence-electron chi connectivity index (χ1n) is 6.42. The van der Waals surface area contributed by atoms with Crippen molar-refractivity contribution >= 4 is 5.78 Å². The van der Waals surface area contributed by atoms with Crippen LogP contribution in [0.1, 0.15) is 28.3 Å². The standard InChI is InChI=1S/C16H15NO3/c18-16(14-9-5-2-6-10-14)11-15(12-17(19)20)13-7-3-1-4-8-13/h1-10,15H,11-12H2/t15-/m0/s1. The first-order chi connectivity index (χ1) is 9.66. The molecule has 1 atom stereocenters. The molecule has 2 aromatic carbocycles. The molecule has 0 N–H and O–H groups in total. The molecule has 0 aliphatic carbocycles. The second-order valence-electron chi connectivity index (χ2n) is 4.62. The molecule has 0 saturated carbocycles. The van der Waals surface area contributed by atoms with Crippen LogP contribution in [0.2, 0.25) is 0 Å². The highest BCUT2D eigenvalue weighted by atomic mass is 16.6. The summed E-state index contributed by atoms with van der Waals surface area (Å²) in [5, 5.41) is 10.8. The molecule has 4 nitrogen and oxygen atoms in total. The third-order valence-corrected chi connectivity index (χ3v) is 3.17. The molecule has 2 rings (SSSR count). The summed E-state index contributed by atoms with van der Waals surface area (Å²) in [5.41, 5.74) is 1.42. The van der Waals surface area contributed by atoms with Gasteiger partial charge in [-0.1, -0.05) is 60.7 Å². The van der Waals surface area contributed by atoms with Gasteiger partial charge in [0, 0.05) is 16.9 Å². The monoisotopic (exact) mass is 269 g/mol. The summed E-state index contributed by atoms with van der Waals surface area (Å²) < 4.78 is 0. The maximum Gasteiger partial charge on any atom is 0.211 e. The van der Waals surface area contributed by atoms with E-state index in [1.165, 1.54) is 0 Å². The molecule has 0 aliphatic rings. The lowest BCUT2D eigenvalue weighted by Crippen LogP contribution is -2.16. The summed E-state index contributed by atoms with van der Waals surface area (Å²) in [6.07, 6.45) is 0.148. The molecule has 0 aromatic heterocycles. The van der Waals surface area contributed by atoms with Crippen molar-refractivity contribution in [2.45, 2.75) is 12.3 Å². The number of benzene rings is 2. The Hall–Kier alpha value is -2.49. The predicted molar refractivity (Wildman–Crippen MR) is 76.4 cm³/mol. The van der Waals surface area contributed by atoms with Crippen LogP contribution < -0.4 is 0 Å². The van der Waals surface area contributed by atoms with Crippen LogP contribution in [0, 0.1) is 10.1 Å². The number of hydrogen-bond donors (Lipinski definition) is 0. The number of nitro groups is 1. The SMILES string of the molecule is O=C(C[C@@H](C[N+](=O)[O-])c1ccccc1)c1ccccc1. The van der Waals surface area contributed by atoms with Gasteiger partial charge < -0.3 is 0 Å². The Labute approximate surface area is 117 Å². The van der Waals surface area contributed by atoms with Crippen molar-refractivity contribution in [3.05, 3.63) is 81.9 Å². The normalized spacial score (nSPS) is 11.8. The van der Waals surface area contributed by atoms with Gasteiger partial charge in [0.1, 0.15) is 0 Å². The van der Waals surface area contributed by atoms with Gasteiger partial charge in [-0.05, 0) is 5.56 Å². The highest BCUT2D eigenvalue weighted by molar-refractivity contribution is 5.96. The molecule has 0 unspecified atom stereocenters. The van der Waals surface area contributed by atoms with Gasteiger partial charge in [0.05, 0.1) is 5.92 Å². The molecule has 4 heteroatoms. The third kappa shape index (κ3) is 3.75. The largest absolute Gasteiger partial charge is 0.294 e. The Morgan fingerprint density at radius 3 is 2.10 bits per heavy atom. The molecular weight excluding hydrogens is 254 g/mol. The van der Waals surface area contributed by atoms with Crippen LogP contribution in [0.25, 0.3) is 0 Å². The first kappa shape index (κ1) is 13.9. The molecule has 0 amide bonds. The van der Waals surface area contributed by atoms with Crippen LogP contribution in [0.4, 0.5) is 0 Å². The van der Waals surface area contributed by atoms with Gasteiger partial charge in [0.25, 0.3) is 0 Å². The van der Waals surface area contributed by atoms with E-state index in [0.29, 0.717) is 5.56 Å². The number of carbonyl (C=O) groups excluding carboxylic acids is 1. The van der Waals surface area contributed by atoms with Gasteiger partial charge in [0.2, 0.25) is 6.54 Å². The summed E-state index contributed by atoms with van der Waals surface area (Å²) in [6, 6.07) is 18.0. The number of rotatable bonds is 6. The van der Waals surface area contributed by atoms with E-state index in [1.807, 2.05) is 36.4 Å². The fraction of sp³-hybridized carbons (Fsp3) is 0.188. The van der Waals surface area contributed by atoms with E-state index >= 15 is 0 Å². The van der Waals surface area contributed by atoms with Crippen molar-refractivity contribution < 1.29 is 9.72 Å². The van der Waals surface area contributed by atoms with Gasteiger partial charge in [-0.15, -0.1) is 0 Å². The third-order valence-electron chi connectivity index (χ3n) is 3.17. The van der Waals surface area contributed by atoms with E-state index in [-0.39, 0.29) is 29.6 Å². The molecular formula is C16H15NO3. The van der Waals surface area contributed by atoms with Crippen LogP contribution >= 0.6 is 0 Å². The number of ketones is 1. The Kier molecular flexibility index (Phi) is 4.60. The number of nitrogens with zero attached hydrogens (tertiary/aromatic N) is 1. The van der Waals surface area contributed by atoms with Crippen molar-refractivity contribution in [3.8, 4) is 0 Å². The minimum Gasteiger partial charge on any atom is -0.294 e. The Balaban J connectivity index is 2.16. The van der Waals surface area contributed by atoms with Crippen LogP contribution in [-0.2, 0) is 0 Å². The minimum atomic E-state index is -0.390. The van der Waals surface area contributed by atoms with Gasteiger partial charge >= 0.3 is 0 Å². The molecule has 0 bridgehead atoms. The van der Waals surface area contributed by atoms with Crippen LogP contribution in [0.3, 0.4) is 0 Å². The predicted octanol–water partition coefficient (Wildman–Crippen LogP) is 3.32. The second kappa shape index (κ2) is 6.61. The second-order valence-corrected chi connectivity index (χ2v) is 4.62. The number of hydrogen-bond acceptors (Lipinski definition) is 3. The molecule has 0 saturated heterocycles. The Morgan fingerprint density at radius 1 is 1.00 bits per heavy atom. The summed E-state index contributed by atoms with van der Waals surface area (Å²) in [5.74, 6) is -0.458. The number of Topliss-reactive ketones (excluding diaryl/α,β-unsaturated/α-hetero) is 1. The Bertz CT molecular complexity index is 581. The van der Waals surface area contributed by atoms with Gasteiger partial charge in [-0.2, -0.15) is 0 Å². The molecule has 20 heavy (non-hydrogen) atoms. The Morgan fingerprint density at radius 2 is 1.55 bits per heavy atom. The van der Waals surface area contributed by atoms with E-state index in [1.54, 1.807) is 24.3 Å². The van der Waals surface area contributed by atoms with Gasteiger partial charge in [0.15, 0.2) is 5.78 Å². The maximum atomic E-state index is 12.2. The fourth-order valence-corrected chi connectivity index (χ4v) is 2.16. The molecule has 102 valence electrons. The molecule has 0 fully saturated rings. The maximum absolute atomic E-state index is 12.2. The van der Waals surface area contributed by atoms with Crippen molar-refractivity contribution in [2.75, 3.05) is 6.54 Å². The quantitative estimate of drug-likeness (QED) is 0.459. The van der Waals surface area contributed by atoms with Crippen molar-refractivity contribution in [1.29, 1.82) is 0 Å². The summed E-state index contributed by atoms with van der Waals surface area (Å²) in [6.45, 7) is -0.234. The van der Waals surface area contributed by atoms with Crippen molar-refractivity contribution in [3.63, 3.8) is 0 Å². The van der Waals surface area contributed by atoms with E-state index in [0.717, 1.165) is 5.56 Å². The molecule has 0 spiro atoms. The average molecular weight is 269 g/mol. The molecule has 2 aromatic rings. The summed E-state index contributed by atoms with van der Waals surface area (Å²) in [7, 11) is 0. The van der Waals surface area contributed by atoms with Crippen molar-refractivity contribution in [2.24, 2.45) is 0 Å². The highest BCUT2D eigenvalue weighted by Gasteiger charge is 2.21. The number of carbonyl (C=O) groups is 1.